The number of imidazole rings is 1. The van der Waals surface area contributed by atoms with E-state index in [0.29, 0.717) is 17.7 Å². The number of hydrogen-bond acceptors (Lipinski definition) is 6. The minimum atomic E-state index is 0.0223. The molecule has 33 heavy (non-hydrogen) atoms. The average molecular weight is 441 g/mol. The zero-order valence-electron chi connectivity index (χ0n) is 18.8. The Bertz CT molecular complexity index is 1230. The molecular weight excluding hydrogens is 412 g/mol. The van der Waals surface area contributed by atoms with Gasteiger partial charge in [0.05, 0.1) is 29.0 Å². The molecule has 4 aromatic rings. The number of benzene rings is 1. The highest BCUT2D eigenvalue weighted by Crippen LogP contribution is 2.44. The van der Waals surface area contributed by atoms with Crippen LogP contribution in [0, 0.1) is 18.8 Å². The normalized spacial score (nSPS) is 25.2. The molecule has 3 aromatic heterocycles. The molecule has 6 rings (SSSR count). The lowest BCUT2D eigenvalue weighted by Crippen LogP contribution is -2.40. The summed E-state index contributed by atoms with van der Waals surface area (Å²) >= 11 is 0. The molecule has 0 radical (unpaired) electrons. The summed E-state index contributed by atoms with van der Waals surface area (Å²) in [5.41, 5.74) is 3.35. The first-order valence-electron chi connectivity index (χ1n) is 11.7. The number of fused-ring (bicyclic) bond motifs is 2. The molecule has 0 unspecified atom stereocenters. The average Bonchev–Trinajstić information content (AvgIpc) is 3.38. The van der Waals surface area contributed by atoms with Crippen LogP contribution in [-0.2, 0) is 6.54 Å². The molecule has 7 heteroatoms. The second-order valence-electron chi connectivity index (χ2n) is 9.29. The van der Waals surface area contributed by atoms with Gasteiger partial charge in [-0.25, -0.2) is 9.97 Å². The summed E-state index contributed by atoms with van der Waals surface area (Å²) in [5.74, 6) is 2.86. The van der Waals surface area contributed by atoms with Gasteiger partial charge in [-0.1, -0.05) is 18.2 Å². The van der Waals surface area contributed by atoms with E-state index < -0.39 is 0 Å². The summed E-state index contributed by atoms with van der Waals surface area (Å²) < 4.78 is 8.90. The second-order valence-corrected chi connectivity index (χ2v) is 9.29. The molecule has 2 fully saturated rings. The Balaban J connectivity index is 1.30. The van der Waals surface area contributed by atoms with Crippen LogP contribution in [0.1, 0.15) is 30.4 Å². The highest BCUT2D eigenvalue weighted by atomic mass is 16.5. The minimum Gasteiger partial charge on any atom is -0.471 e. The third-order valence-electron chi connectivity index (χ3n) is 7.19. The number of aromatic nitrogens is 5. The molecule has 2 aliphatic rings. The van der Waals surface area contributed by atoms with Gasteiger partial charge in [-0.15, -0.1) is 0 Å². The van der Waals surface area contributed by atoms with Crippen molar-refractivity contribution in [3.63, 3.8) is 0 Å². The zero-order valence-corrected chi connectivity index (χ0v) is 18.8. The summed E-state index contributed by atoms with van der Waals surface area (Å²) in [6.45, 7) is 5.19. The van der Waals surface area contributed by atoms with Crippen LogP contribution in [0.15, 0.2) is 67.3 Å². The number of ether oxygens (including phenoxy) is 1. The van der Waals surface area contributed by atoms with Crippen molar-refractivity contribution in [1.29, 1.82) is 0 Å². The summed E-state index contributed by atoms with van der Waals surface area (Å²) in [5, 5.41) is 0. The number of rotatable bonds is 5. The van der Waals surface area contributed by atoms with E-state index in [2.05, 4.69) is 67.7 Å². The van der Waals surface area contributed by atoms with E-state index in [1.807, 2.05) is 12.3 Å². The fourth-order valence-corrected chi connectivity index (χ4v) is 5.82. The minimum absolute atomic E-state index is 0.0223. The molecule has 1 aromatic carbocycles. The molecule has 1 aliphatic heterocycles. The Labute approximate surface area is 193 Å². The van der Waals surface area contributed by atoms with Gasteiger partial charge in [-0.05, 0) is 55.9 Å². The Morgan fingerprint density at radius 1 is 0.939 bits per heavy atom. The van der Waals surface area contributed by atoms with Gasteiger partial charge in [0.25, 0.3) is 0 Å². The molecule has 0 bridgehead atoms. The van der Waals surface area contributed by atoms with Crippen LogP contribution >= 0.6 is 0 Å². The molecule has 7 nitrogen and oxygen atoms in total. The van der Waals surface area contributed by atoms with Crippen molar-refractivity contribution in [3.05, 3.63) is 78.8 Å². The topological polar surface area (TPSA) is 69.0 Å². The second kappa shape index (κ2) is 8.56. The number of aryl methyl sites for hydroxylation is 1. The van der Waals surface area contributed by atoms with E-state index in [0.717, 1.165) is 49.5 Å². The van der Waals surface area contributed by atoms with Crippen LogP contribution in [0.5, 0.6) is 5.88 Å². The summed E-state index contributed by atoms with van der Waals surface area (Å²) in [4.78, 5) is 20.5. The van der Waals surface area contributed by atoms with E-state index in [-0.39, 0.29) is 12.1 Å². The molecule has 0 amide bonds. The first kappa shape index (κ1) is 20.3. The maximum atomic E-state index is 6.50. The van der Waals surface area contributed by atoms with Crippen molar-refractivity contribution in [2.24, 2.45) is 11.8 Å². The standard InChI is InChI=1S/C26H28N6O/c1-18-30-22-7-2-3-8-23(22)32(18)24-12-19-15-31(17-21-6-4-5-9-28-21)16-20(19)13-25(24)33-26-14-27-10-11-29-26/h2-11,14,19-20,24-25H,12-13,15-17H2,1H3/t19-,20+,24-,25-/m0/s1. The maximum Gasteiger partial charge on any atom is 0.232 e. The highest BCUT2D eigenvalue weighted by molar-refractivity contribution is 5.76. The fourth-order valence-electron chi connectivity index (χ4n) is 5.82. The molecule has 1 aliphatic carbocycles. The molecule has 0 N–H and O–H groups in total. The smallest absolute Gasteiger partial charge is 0.232 e. The van der Waals surface area contributed by atoms with Crippen LogP contribution in [-0.4, -0.2) is 48.6 Å². The largest absolute Gasteiger partial charge is 0.471 e. The van der Waals surface area contributed by atoms with Gasteiger partial charge in [-0.2, -0.15) is 0 Å². The van der Waals surface area contributed by atoms with Crippen LogP contribution in [0.25, 0.3) is 11.0 Å². The van der Waals surface area contributed by atoms with E-state index in [4.69, 9.17) is 9.72 Å². The first-order valence-corrected chi connectivity index (χ1v) is 11.7. The molecule has 4 heterocycles. The van der Waals surface area contributed by atoms with Gasteiger partial charge >= 0.3 is 0 Å². The number of para-hydroxylation sites is 2. The summed E-state index contributed by atoms with van der Waals surface area (Å²) in [6, 6.07) is 14.8. The number of hydrogen-bond donors (Lipinski definition) is 0. The van der Waals surface area contributed by atoms with E-state index in [1.165, 1.54) is 5.52 Å². The Kier molecular flexibility index (Phi) is 5.26. The van der Waals surface area contributed by atoms with Gasteiger partial charge in [0.2, 0.25) is 5.88 Å². The van der Waals surface area contributed by atoms with Gasteiger partial charge in [0, 0.05) is 38.2 Å². The zero-order chi connectivity index (χ0) is 22.2. The van der Waals surface area contributed by atoms with Crippen molar-refractivity contribution < 1.29 is 4.74 Å². The number of nitrogens with zero attached hydrogens (tertiary/aromatic N) is 6. The fraction of sp³-hybridized carbons (Fsp3) is 0.385. The van der Waals surface area contributed by atoms with Crippen LogP contribution < -0.4 is 4.74 Å². The van der Waals surface area contributed by atoms with Gasteiger partial charge in [0.1, 0.15) is 11.9 Å². The van der Waals surface area contributed by atoms with Gasteiger partial charge in [-0.3, -0.25) is 14.9 Å². The number of likely N-dealkylation sites (tertiary alicyclic amines) is 1. The van der Waals surface area contributed by atoms with Crippen molar-refractivity contribution in [3.8, 4) is 5.88 Å². The third-order valence-corrected chi connectivity index (χ3v) is 7.19. The number of pyridine rings is 1. The van der Waals surface area contributed by atoms with Crippen molar-refractivity contribution in [1.82, 2.24) is 29.4 Å². The van der Waals surface area contributed by atoms with E-state index >= 15 is 0 Å². The van der Waals surface area contributed by atoms with Crippen LogP contribution in [0.4, 0.5) is 0 Å². The predicted octanol–water partition coefficient (Wildman–Crippen LogP) is 4.06. The molecule has 1 saturated heterocycles. The van der Waals surface area contributed by atoms with Gasteiger partial charge in [0.15, 0.2) is 0 Å². The maximum absolute atomic E-state index is 6.50. The molecular formula is C26H28N6O. The Morgan fingerprint density at radius 2 is 1.79 bits per heavy atom. The predicted molar refractivity (Wildman–Crippen MR) is 126 cm³/mol. The third kappa shape index (κ3) is 3.97. The SMILES string of the molecule is Cc1nc2ccccc2n1[C@H]1C[C@H]2CN(Cc3ccccn3)C[C@H]2C[C@@H]1Oc1cnccn1. The lowest BCUT2D eigenvalue weighted by Gasteiger charge is -2.39. The van der Waals surface area contributed by atoms with Crippen LogP contribution in [0.2, 0.25) is 0 Å². The molecule has 1 saturated carbocycles. The summed E-state index contributed by atoms with van der Waals surface area (Å²) in [6.07, 6.45) is 9.05. The van der Waals surface area contributed by atoms with E-state index in [1.54, 1.807) is 18.6 Å². The quantitative estimate of drug-likeness (QED) is 0.466. The van der Waals surface area contributed by atoms with Gasteiger partial charge < -0.3 is 9.30 Å². The van der Waals surface area contributed by atoms with E-state index in [9.17, 15) is 0 Å². The lowest BCUT2D eigenvalue weighted by molar-refractivity contribution is 0.0519. The molecule has 4 atom stereocenters. The van der Waals surface area contributed by atoms with Crippen molar-refractivity contribution >= 4 is 11.0 Å². The molecule has 168 valence electrons. The van der Waals surface area contributed by atoms with Crippen molar-refractivity contribution in [2.45, 2.75) is 38.5 Å². The lowest BCUT2D eigenvalue weighted by atomic mass is 9.77. The molecule has 0 spiro atoms. The van der Waals surface area contributed by atoms with Crippen LogP contribution in [0.3, 0.4) is 0 Å². The van der Waals surface area contributed by atoms with Crippen molar-refractivity contribution in [2.75, 3.05) is 13.1 Å². The Morgan fingerprint density at radius 3 is 2.61 bits per heavy atom. The summed E-state index contributed by atoms with van der Waals surface area (Å²) in [7, 11) is 0. The Hall–Kier alpha value is -3.32. The monoisotopic (exact) mass is 440 g/mol. The highest BCUT2D eigenvalue weighted by Gasteiger charge is 2.44. The first-order chi connectivity index (χ1) is 16.2.